The van der Waals surface area contributed by atoms with E-state index in [4.69, 9.17) is 14.2 Å². The lowest BCUT2D eigenvalue weighted by Crippen LogP contribution is -2.30. The number of hydrogen-bond acceptors (Lipinski definition) is 6. The maximum atomic E-state index is 12.7. The molecule has 0 aromatic heterocycles. The molecule has 0 aliphatic heterocycles. The summed E-state index contributed by atoms with van der Waals surface area (Å²) in [6.07, 6.45) is 39.4. The van der Waals surface area contributed by atoms with Gasteiger partial charge in [-0.25, -0.2) is 0 Å². The minimum absolute atomic E-state index is 0.0661. The molecule has 0 amide bonds. The predicted octanol–water partition coefficient (Wildman–Crippen LogP) is 15.6. The molecule has 56 heavy (non-hydrogen) atoms. The van der Waals surface area contributed by atoms with Gasteiger partial charge in [-0.1, -0.05) is 228 Å². The maximum Gasteiger partial charge on any atom is 0.306 e. The second-order valence-corrected chi connectivity index (χ2v) is 18.1. The van der Waals surface area contributed by atoms with E-state index in [1.807, 2.05) is 0 Å². The van der Waals surface area contributed by atoms with Gasteiger partial charge in [-0.05, 0) is 37.0 Å². The van der Waals surface area contributed by atoms with Crippen LogP contribution >= 0.6 is 0 Å². The highest BCUT2D eigenvalue weighted by atomic mass is 16.6. The zero-order chi connectivity index (χ0) is 41.3. The third kappa shape index (κ3) is 40.6. The van der Waals surface area contributed by atoms with Crippen LogP contribution in [0.5, 0.6) is 0 Å². The summed E-state index contributed by atoms with van der Waals surface area (Å²) in [7, 11) is 0. The quantitative estimate of drug-likeness (QED) is 0.0348. The summed E-state index contributed by atoms with van der Waals surface area (Å²) in [5.74, 6) is 1.65. The zero-order valence-electron chi connectivity index (χ0n) is 38.4. The molecule has 0 aromatic rings. The van der Waals surface area contributed by atoms with Crippen LogP contribution in [0.3, 0.4) is 0 Å². The van der Waals surface area contributed by atoms with Gasteiger partial charge in [0.1, 0.15) is 13.2 Å². The van der Waals surface area contributed by atoms with Crippen LogP contribution in [0.1, 0.15) is 266 Å². The van der Waals surface area contributed by atoms with Crippen molar-refractivity contribution in [2.45, 2.75) is 272 Å². The third-order valence-corrected chi connectivity index (χ3v) is 11.9. The summed E-state index contributed by atoms with van der Waals surface area (Å²) < 4.78 is 16.8. The van der Waals surface area contributed by atoms with Crippen molar-refractivity contribution in [1.29, 1.82) is 0 Å². The number of hydrogen-bond donors (Lipinski definition) is 0. The number of carbonyl (C=O) groups is 3. The van der Waals surface area contributed by atoms with E-state index in [0.717, 1.165) is 75.5 Å². The Morgan fingerprint density at radius 3 is 0.929 bits per heavy atom. The van der Waals surface area contributed by atoms with E-state index >= 15 is 0 Å². The van der Waals surface area contributed by atoms with Crippen LogP contribution in [-0.2, 0) is 28.6 Å². The van der Waals surface area contributed by atoms with Gasteiger partial charge >= 0.3 is 17.9 Å². The van der Waals surface area contributed by atoms with Crippen molar-refractivity contribution in [2.24, 2.45) is 17.8 Å². The highest BCUT2D eigenvalue weighted by Gasteiger charge is 2.19. The van der Waals surface area contributed by atoms with Crippen molar-refractivity contribution in [3.63, 3.8) is 0 Å². The Morgan fingerprint density at radius 2 is 0.625 bits per heavy atom. The number of ether oxygens (including phenoxy) is 3. The van der Waals surface area contributed by atoms with Crippen molar-refractivity contribution in [3.05, 3.63) is 0 Å². The zero-order valence-corrected chi connectivity index (χ0v) is 38.4. The average Bonchev–Trinajstić information content (AvgIpc) is 3.18. The molecule has 0 rings (SSSR count). The number of unbranched alkanes of at least 4 members (excludes halogenated alkanes) is 24. The third-order valence-electron chi connectivity index (χ3n) is 11.9. The normalized spacial score (nSPS) is 13.1. The van der Waals surface area contributed by atoms with Crippen molar-refractivity contribution in [1.82, 2.24) is 0 Å². The molecular weight excluding hydrogens is 697 g/mol. The molecule has 0 radical (unpaired) electrons. The Labute approximate surface area is 348 Å². The molecule has 0 saturated carbocycles. The van der Waals surface area contributed by atoms with Gasteiger partial charge in [0.25, 0.3) is 0 Å². The van der Waals surface area contributed by atoms with Crippen LogP contribution in [0.15, 0.2) is 0 Å². The molecule has 6 heteroatoms. The van der Waals surface area contributed by atoms with E-state index in [1.165, 1.54) is 148 Å². The van der Waals surface area contributed by atoms with Crippen LogP contribution in [0.2, 0.25) is 0 Å². The molecule has 3 atom stereocenters. The van der Waals surface area contributed by atoms with Crippen molar-refractivity contribution in [3.8, 4) is 0 Å². The topological polar surface area (TPSA) is 78.9 Å². The van der Waals surface area contributed by atoms with Gasteiger partial charge in [-0.3, -0.25) is 14.4 Å². The van der Waals surface area contributed by atoms with E-state index < -0.39 is 6.10 Å². The van der Waals surface area contributed by atoms with E-state index in [0.29, 0.717) is 19.3 Å². The molecule has 0 aliphatic rings. The largest absolute Gasteiger partial charge is 0.462 e. The highest BCUT2D eigenvalue weighted by Crippen LogP contribution is 2.18. The SMILES string of the molecule is CCC(C)CCCCCCCCCCCCC(=O)OC[C@H](COC(=O)CCCCCCCCCCCCCC(C)C)OC(=O)CCCCCCCCC(C)CC. The lowest BCUT2D eigenvalue weighted by Gasteiger charge is -2.18. The fourth-order valence-electron chi connectivity index (χ4n) is 7.34. The average molecular weight is 793 g/mol. The Balaban J connectivity index is 4.32. The summed E-state index contributed by atoms with van der Waals surface area (Å²) in [4.78, 5) is 37.8. The van der Waals surface area contributed by atoms with E-state index in [2.05, 4.69) is 41.5 Å². The summed E-state index contributed by atoms with van der Waals surface area (Å²) in [6, 6.07) is 0. The van der Waals surface area contributed by atoms with Crippen molar-refractivity contribution in [2.75, 3.05) is 13.2 Å². The van der Waals surface area contributed by atoms with Crippen molar-refractivity contribution >= 4 is 17.9 Å². The maximum absolute atomic E-state index is 12.7. The summed E-state index contributed by atoms with van der Waals surface area (Å²) in [6.45, 7) is 13.7. The molecule has 0 aliphatic carbocycles. The van der Waals surface area contributed by atoms with Crippen LogP contribution in [0.25, 0.3) is 0 Å². The molecule has 0 fully saturated rings. The van der Waals surface area contributed by atoms with Gasteiger partial charge in [0, 0.05) is 19.3 Å². The molecule has 0 N–H and O–H groups in total. The molecule has 0 aromatic carbocycles. The van der Waals surface area contributed by atoms with Crippen LogP contribution in [0, 0.1) is 17.8 Å². The number of rotatable bonds is 43. The molecule has 0 saturated heterocycles. The Kier molecular flexibility index (Phi) is 40.4. The first-order chi connectivity index (χ1) is 27.2. The first-order valence-corrected chi connectivity index (χ1v) is 24.7. The van der Waals surface area contributed by atoms with Gasteiger partial charge in [0.2, 0.25) is 0 Å². The lowest BCUT2D eigenvalue weighted by atomic mass is 9.99. The number of carbonyl (C=O) groups excluding carboxylic acids is 3. The van der Waals surface area contributed by atoms with Crippen LogP contribution in [-0.4, -0.2) is 37.2 Å². The summed E-state index contributed by atoms with van der Waals surface area (Å²) in [5.41, 5.74) is 0. The number of esters is 3. The van der Waals surface area contributed by atoms with Gasteiger partial charge in [-0.2, -0.15) is 0 Å². The minimum atomic E-state index is -0.763. The van der Waals surface area contributed by atoms with Gasteiger partial charge in [0.05, 0.1) is 0 Å². The summed E-state index contributed by atoms with van der Waals surface area (Å²) in [5, 5.41) is 0. The molecule has 0 spiro atoms. The minimum Gasteiger partial charge on any atom is -0.462 e. The van der Waals surface area contributed by atoms with Crippen molar-refractivity contribution < 1.29 is 28.6 Å². The first kappa shape index (κ1) is 54.4. The summed E-state index contributed by atoms with van der Waals surface area (Å²) >= 11 is 0. The van der Waals surface area contributed by atoms with Gasteiger partial charge < -0.3 is 14.2 Å². The fraction of sp³-hybridized carbons (Fsp3) is 0.940. The molecule has 0 heterocycles. The van der Waals surface area contributed by atoms with Crippen LogP contribution in [0.4, 0.5) is 0 Å². The Morgan fingerprint density at radius 1 is 0.357 bits per heavy atom. The molecule has 6 nitrogen and oxygen atoms in total. The lowest BCUT2D eigenvalue weighted by molar-refractivity contribution is -0.167. The second kappa shape index (κ2) is 41.6. The molecule has 0 bridgehead atoms. The van der Waals surface area contributed by atoms with E-state index in [-0.39, 0.29) is 31.1 Å². The molecule has 2 unspecified atom stereocenters. The Hall–Kier alpha value is -1.59. The smallest absolute Gasteiger partial charge is 0.306 e. The Bertz CT molecular complexity index is 872. The van der Waals surface area contributed by atoms with Gasteiger partial charge in [-0.15, -0.1) is 0 Å². The van der Waals surface area contributed by atoms with E-state index in [1.54, 1.807) is 0 Å². The van der Waals surface area contributed by atoms with Crippen LogP contribution < -0.4 is 0 Å². The predicted molar refractivity (Wildman–Crippen MR) is 238 cm³/mol. The fourth-order valence-corrected chi connectivity index (χ4v) is 7.34. The standard InChI is InChI=1S/C50H96O6/c1-7-45(5)37-31-25-19-15-12-13-17-21-28-34-40-49(52)55-43-47(56-50(53)41-35-29-23-22-26-32-38-46(6)8-2)42-54-48(51)39-33-27-20-16-11-9-10-14-18-24-30-36-44(3)4/h44-47H,7-43H2,1-6H3/t45?,46?,47-/m0/s1. The first-order valence-electron chi connectivity index (χ1n) is 24.7. The van der Waals surface area contributed by atoms with Gasteiger partial charge in [0.15, 0.2) is 6.10 Å². The molecular formula is C50H96O6. The highest BCUT2D eigenvalue weighted by molar-refractivity contribution is 5.71. The van der Waals surface area contributed by atoms with E-state index in [9.17, 15) is 14.4 Å². The second-order valence-electron chi connectivity index (χ2n) is 18.1. The monoisotopic (exact) mass is 793 g/mol. The molecule has 332 valence electrons.